The second kappa shape index (κ2) is 7.11. The minimum atomic E-state index is 0.464. The van der Waals surface area contributed by atoms with Crippen molar-refractivity contribution in [3.63, 3.8) is 0 Å². The summed E-state index contributed by atoms with van der Waals surface area (Å²) >= 11 is 0. The zero-order valence-corrected chi connectivity index (χ0v) is 12.0. The van der Waals surface area contributed by atoms with Crippen LogP contribution >= 0.6 is 0 Å². The molecule has 1 rings (SSSR count). The van der Waals surface area contributed by atoms with E-state index in [-0.39, 0.29) is 0 Å². The molecule has 1 atom stereocenters. The molecule has 0 aliphatic carbocycles. The van der Waals surface area contributed by atoms with Crippen LogP contribution in [0, 0.1) is 0 Å². The van der Waals surface area contributed by atoms with Crippen LogP contribution in [0.15, 0.2) is 18.2 Å². The van der Waals surface area contributed by atoms with Gasteiger partial charge < -0.3 is 19.7 Å². The van der Waals surface area contributed by atoms with Crippen LogP contribution in [0.5, 0.6) is 11.5 Å². The third-order valence-electron chi connectivity index (χ3n) is 3.25. The number of benzene rings is 1. The molecular weight excluding hydrogens is 228 g/mol. The molecule has 0 radical (unpaired) electrons. The first-order chi connectivity index (χ1) is 8.62. The molecular formula is C14H24N2O2. The molecule has 0 amide bonds. The Morgan fingerprint density at radius 1 is 1.28 bits per heavy atom. The molecule has 1 N–H and O–H groups in total. The first-order valence-corrected chi connectivity index (χ1v) is 6.28. The number of likely N-dealkylation sites (N-methyl/N-ethyl adjacent to an activating group) is 1. The number of rotatable bonds is 7. The van der Waals surface area contributed by atoms with Gasteiger partial charge in [-0.1, -0.05) is 6.92 Å². The van der Waals surface area contributed by atoms with Crippen molar-refractivity contribution in [1.82, 2.24) is 4.90 Å². The number of nitrogens with zero attached hydrogens (tertiary/aromatic N) is 1. The molecule has 0 fully saturated rings. The fourth-order valence-corrected chi connectivity index (χ4v) is 1.68. The van der Waals surface area contributed by atoms with Crippen LogP contribution in [0.25, 0.3) is 0 Å². The smallest absolute Gasteiger partial charge is 0.142 e. The van der Waals surface area contributed by atoms with Gasteiger partial charge >= 0.3 is 0 Å². The standard InChI is InChI=1S/C14H24N2O2/c1-6-16(3)11(2)10-15-13-9-12(17-4)7-8-14(13)18-5/h7-9,11,15H,6,10H2,1-5H3. The van der Waals surface area contributed by atoms with Crippen molar-refractivity contribution < 1.29 is 9.47 Å². The maximum absolute atomic E-state index is 5.33. The number of hydrogen-bond acceptors (Lipinski definition) is 4. The van der Waals surface area contributed by atoms with E-state index in [0.29, 0.717) is 6.04 Å². The predicted octanol–water partition coefficient (Wildman–Crippen LogP) is 2.46. The van der Waals surface area contributed by atoms with E-state index in [1.807, 2.05) is 18.2 Å². The highest BCUT2D eigenvalue weighted by Crippen LogP contribution is 2.28. The summed E-state index contributed by atoms with van der Waals surface area (Å²) < 4.78 is 10.6. The third kappa shape index (κ3) is 3.81. The largest absolute Gasteiger partial charge is 0.497 e. The van der Waals surface area contributed by atoms with Crippen molar-refractivity contribution in [2.45, 2.75) is 19.9 Å². The highest BCUT2D eigenvalue weighted by molar-refractivity contribution is 5.59. The summed E-state index contributed by atoms with van der Waals surface area (Å²) in [5.74, 6) is 1.66. The molecule has 0 aliphatic heterocycles. The second-order valence-electron chi connectivity index (χ2n) is 4.37. The molecule has 0 aliphatic rings. The second-order valence-corrected chi connectivity index (χ2v) is 4.37. The molecule has 102 valence electrons. The van der Waals surface area contributed by atoms with Crippen molar-refractivity contribution >= 4 is 5.69 Å². The number of ether oxygens (including phenoxy) is 2. The zero-order chi connectivity index (χ0) is 13.5. The van der Waals surface area contributed by atoms with Crippen LogP contribution < -0.4 is 14.8 Å². The molecule has 0 saturated heterocycles. The molecule has 1 aromatic carbocycles. The lowest BCUT2D eigenvalue weighted by Crippen LogP contribution is -2.34. The number of anilines is 1. The first kappa shape index (κ1) is 14.6. The van der Waals surface area contributed by atoms with Gasteiger partial charge in [-0.3, -0.25) is 0 Å². The van der Waals surface area contributed by atoms with E-state index in [0.717, 1.165) is 30.3 Å². The zero-order valence-electron chi connectivity index (χ0n) is 12.0. The fourth-order valence-electron chi connectivity index (χ4n) is 1.68. The lowest BCUT2D eigenvalue weighted by molar-refractivity contribution is 0.281. The van der Waals surface area contributed by atoms with Crippen LogP contribution in [-0.4, -0.2) is 45.3 Å². The Morgan fingerprint density at radius 3 is 2.56 bits per heavy atom. The van der Waals surface area contributed by atoms with E-state index in [1.165, 1.54) is 0 Å². The Balaban J connectivity index is 2.70. The van der Waals surface area contributed by atoms with Gasteiger partial charge in [-0.15, -0.1) is 0 Å². The van der Waals surface area contributed by atoms with E-state index < -0.39 is 0 Å². The normalized spacial score (nSPS) is 12.3. The molecule has 0 saturated carbocycles. The van der Waals surface area contributed by atoms with E-state index in [1.54, 1.807) is 14.2 Å². The van der Waals surface area contributed by atoms with Gasteiger partial charge in [0.2, 0.25) is 0 Å². The maximum Gasteiger partial charge on any atom is 0.142 e. The van der Waals surface area contributed by atoms with Crippen LogP contribution in [-0.2, 0) is 0 Å². The summed E-state index contributed by atoms with van der Waals surface area (Å²) in [6, 6.07) is 6.23. The molecule has 18 heavy (non-hydrogen) atoms. The van der Waals surface area contributed by atoms with Gasteiger partial charge in [-0.25, -0.2) is 0 Å². The monoisotopic (exact) mass is 252 g/mol. The lowest BCUT2D eigenvalue weighted by Gasteiger charge is -2.24. The molecule has 4 nitrogen and oxygen atoms in total. The van der Waals surface area contributed by atoms with E-state index >= 15 is 0 Å². The lowest BCUT2D eigenvalue weighted by atomic mass is 10.2. The van der Waals surface area contributed by atoms with Crippen molar-refractivity contribution in [3.05, 3.63) is 18.2 Å². The van der Waals surface area contributed by atoms with Crippen LogP contribution in [0.1, 0.15) is 13.8 Å². The highest BCUT2D eigenvalue weighted by Gasteiger charge is 2.09. The topological polar surface area (TPSA) is 33.7 Å². The van der Waals surface area contributed by atoms with Crippen LogP contribution in [0.3, 0.4) is 0 Å². The average Bonchev–Trinajstić information content (AvgIpc) is 2.43. The van der Waals surface area contributed by atoms with Gasteiger partial charge in [-0.2, -0.15) is 0 Å². The fraction of sp³-hybridized carbons (Fsp3) is 0.571. The highest BCUT2D eigenvalue weighted by atomic mass is 16.5. The number of nitrogens with one attached hydrogen (secondary N) is 1. The van der Waals surface area contributed by atoms with E-state index in [2.05, 4.69) is 31.1 Å². The summed E-state index contributed by atoms with van der Waals surface area (Å²) in [6.45, 7) is 6.26. The number of hydrogen-bond donors (Lipinski definition) is 1. The Labute approximate surface area is 110 Å². The van der Waals surface area contributed by atoms with Gasteiger partial charge in [0.05, 0.1) is 19.9 Å². The summed E-state index contributed by atoms with van der Waals surface area (Å²) in [5, 5.41) is 3.41. The molecule has 1 aromatic rings. The Bertz CT molecular complexity index is 369. The maximum atomic E-state index is 5.33. The van der Waals surface area contributed by atoms with Crippen LogP contribution in [0.2, 0.25) is 0 Å². The van der Waals surface area contributed by atoms with E-state index in [9.17, 15) is 0 Å². The Kier molecular flexibility index (Phi) is 5.78. The summed E-state index contributed by atoms with van der Waals surface area (Å²) in [7, 11) is 5.46. The van der Waals surface area contributed by atoms with Crippen molar-refractivity contribution in [2.75, 3.05) is 39.7 Å². The van der Waals surface area contributed by atoms with Gasteiger partial charge in [0.1, 0.15) is 11.5 Å². The summed E-state index contributed by atoms with van der Waals surface area (Å²) in [4.78, 5) is 2.29. The predicted molar refractivity (Wildman–Crippen MR) is 75.8 cm³/mol. The molecule has 0 spiro atoms. The van der Waals surface area contributed by atoms with Gasteiger partial charge in [0, 0.05) is 18.7 Å². The van der Waals surface area contributed by atoms with Crippen molar-refractivity contribution in [1.29, 1.82) is 0 Å². The minimum Gasteiger partial charge on any atom is -0.497 e. The minimum absolute atomic E-state index is 0.464. The summed E-state index contributed by atoms with van der Waals surface area (Å²) in [5.41, 5.74) is 0.966. The molecule has 4 heteroatoms. The molecule has 0 aromatic heterocycles. The third-order valence-corrected chi connectivity index (χ3v) is 3.25. The Hall–Kier alpha value is -1.42. The van der Waals surface area contributed by atoms with Crippen LogP contribution in [0.4, 0.5) is 5.69 Å². The van der Waals surface area contributed by atoms with Crippen molar-refractivity contribution in [2.24, 2.45) is 0 Å². The SMILES string of the molecule is CCN(C)C(C)CNc1cc(OC)ccc1OC. The Morgan fingerprint density at radius 2 is 2.00 bits per heavy atom. The molecule has 0 heterocycles. The van der Waals surface area contributed by atoms with E-state index in [4.69, 9.17) is 9.47 Å². The first-order valence-electron chi connectivity index (χ1n) is 6.28. The molecule has 0 bridgehead atoms. The quantitative estimate of drug-likeness (QED) is 0.808. The average molecular weight is 252 g/mol. The van der Waals surface area contributed by atoms with Gasteiger partial charge in [0.25, 0.3) is 0 Å². The van der Waals surface area contributed by atoms with Gasteiger partial charge in [0.15, 0.2) is 0 Å². The van der Waals surface area contributed by atoms with Gasteiger partial charge in [-0.05, 0) is 32.6 Å². The molecule has 1 unspecified atom stereocenters. The summed E-state index contributed by atoms with van der Waals surface area (Å²) in [6.07, 6.45) is 0. The van der Waals surface area contributed by atoms with Crippen molar-refractivity contribution in [3.8, 4) is 11.5 Å². The number of methoxy groups -OCH3 is 2.